The lowest BCUT2D eigenvalue weighted by Gasteiger charge is -2.59. The maximum absolute atomic E-state index is 7.52. The molecule has 0 aliphatic rings. The molecule has 0 fully saturated rings. The summed E-state index contributed by atoms with van der Waals surface area (Å²) in [6, 6.07) is 1.06. The average Bonchev–Trinajstić information content (AvgIpc) is 2.69. The number of rotatable bonds is 16. The Labute approximate surface area is 225 Å². The Balaban J connectivity index is 6.69. The lowest BCUT2D eigenvalue weighted by Crippen LogP contribution is -2.68. The van der Waals surface area contributed by atoms with Crippen molar-refractivity contribution in [3.63, 3.8) is 0 Å². The molecular weight excluding hydrogens is 499 g/mol. The summed E-state index contributed by atoms with van der Waals surface area (Å²) in [5.74, 6) is 0. The second-order valence-corrected chi connectivity index (χ2v) is 33.4. The van der Waals surface area contributed by atoms with Crippen LogP contribution in [0.15, 0.2) is 0 Å². The molecule has 35 heavy (non-hydrogen) atoms. The van der Waals surface area contributed by atoms with E-state index in [1.54, 1.807) is 0 Å². The summed E-state index contributed by atoms with van der Waals surface area (Å²) in [5.41, 5.74) is 5.76. The standard InChI is InChI=1S/C27H65NO3Si4/c1-18-25(6,29-34(15,16)27(8,20-3)30-33(12,13)14)24(4,5)35(17,23-21-22-28)31-26(7,19-2)32(9,10)11/h18-23,28H2,1-17H3/t25-,26?,27?,35?/m1/s1. The van der Waals surface area contributed by atoms with Gasteiger partial charge in [-0.1, -0.05) is 54.3 Å². The van der Waals surface area contributed by atoms with Gasteiger partial charge >= 0.3 is 0 Å². The summed E-state index contributed by atoms with van der Waals surface area (Å²) < 4.78 is 21.9. The van der Waals surface area contributed by atoms with Crippen molar-refractivity contribution in [2.45, 2.75) is 167 Å². The Bertz CT molecular complexity index is 676. The normalized spacial score (nSPS) is 21.1. The first-order valence-corrected chi connectivity index (χ1v) is 26.6. The summed E-state index contributed by atoms with van der Waals surface area (Å²) in [6.07, 6.45) is 3.97. The molecule has 0 aliphatic carbocycles. The van der Waals surface area contributed by atoms with Crippen LogP contribution in [0.4, 0.5) is 0 Å². The molecule has 0 radical (unpaired) electrons. The van der Waals surface area contributed by atoms with Gasteiger partial charge in [-0.2, -0.15) is 0 Å². The molecule has 0 spiro atoms. The van der Waals surface area contributed by atoms with Crippen LogP contribution >= 0.6 is 0 Å². The molecule has 0 saturated heterocycles. The highest BCUT2D eigenvalue weighted by atomic mass is 28.4. The molecule has 8 heteroatoms. The minimum absolute atomic E-state index is 0.0691. The van der Waals surface area contributed by atoms with E-state index in [0.717, 1.165) is 31.7 Å². The molecular formula is C27H65NO3Si4. The quantitative estimate of drug-likeness (QED) is 0.191. The van der Waals surface area contributed by atoms with Gasteiger partial charge in [-0.15, -0.1) is 0 Å². The third kappa shape index (κ3) is 7.87. The Morgan fingerprint density at radius 3 is 1.40 bits per heavy atom. The molecule has 0 aliphatic heterocycles. The molecule has 3 unspecified atom stereocenters. The van der Waals surface area contributed by atoms with Gasteiger partial charge in [-0.05, 0) is 98.3 Å². The maximum atomic E-state index is 7.52. The predicted octanol–water partition coefficient (Wildman–Crippen LogP) is 8.70. The van der Waals surface area contributed by atoms with E-state index in [-0.39, 0.29) is 21.1 Å². The lowest BCUT2D eigenvalue weighted by atomic mass is 9.89. The molecule has 0 saturated carbocycles. The first kappa shape index (κ1) is 35.7. The molecule has 4 nitrogen and oxygen atoms in total. The van der Waals surface area contributed by atoms with Crippen LogP contribution in [-0.4, -0.2) is 55.6 Å². The topological polar surface area (TPSA) is 53.7 Å². The van der Waals surface area contributed by atoms with Gasteiger partial charge in [0.1, 0.15) is 0 Å². The van der Waals surface area contributed by atoms with Gasteiger partial charge < -0.3 is 19.0 Å². The molecule has 212 valence electrons. The Morgan fingerprint density at radius 1 is 0.629 bits per heavy atom. The van der Waals surface area contributed by atoms with E-state index in [0.29, 0.717) is 6.54 Å². The second kappa shape index (κ2) is 11.8. The smallest absolute Gasteiger partial charge is 0.217 e. The average molecular weight is 564 g/mol. The van der Waals surface area contributed by atoms with Crippen molar-refractivity contribution < 1.29 is 13.3 Å². The van der Waals surface area contributed by atoms with Crippen LogP contribution in [0.3, 0.4) is 0 Å². The summed E-state index contributed by atoms with van der Waals surface area (Å²) in [7, 11) is -7.92. The molecule has 0 amide bonds. The molecule has 0 aromatic rings. The summed E-state index contributed by atoms with van der Waals surface area (Å²) in [5, 5.41) is -0.408. The highest BCUT2D eigenvalue weighted by Gasteiger charge is 2.61. The Kier molecular flexibility index (Phi) is 12.1. The second-order valence-electron chi connectivity index (χ2n) is 14.7. The minimum atomic E-state index is -2.32. The zero-order valence-electron chi connectivity index (χ0n) is 27.0. The predicted molar refractivity (Wildman–Crippen MR) is 168 cm³/mol. The van der Waals surface area contributed by atoms with Crippen LogP contribution in [0.1, 0.15) is 81.1 Å². The summed E-state index contributed by atoms with van der Waals surface area (Å²) >= 11 is 0. The van der Waals surface area contributed by atoms with E-state index in [1.807, 2.05) is 0 Å². The van der Waals surface area contributed by atoms with E-state index in [4.69, 9.17) is 19.0 Å². The van der Waals surface area contributed by atoms with Crippen molar-refractivity contribution in [1.82, 2.24) is 0 Å². The molecule has 0 rings (SSSR count). The highest BCUT2D eigenvalue weighted by molar-refractivity contribution is 6.82. The number of nitrogens with two attached hydrogens (primary N) is 1. The maximum Gasteiger partial charge on any atom is 0.217 e. The van der Waals surface area contributed by atoms with Gasteiger partial charge in [-0.25, -0.2) is 0 Å². The van der Waals surface area contributed by atoms with Crippen LogP contribution in [0.2, 0.25) is 70.0 Å². The van der Waals surface area contributed by atoms with Crippen LogP contribution in [-0.2, 0) is 13.3 Å². The molecule has 0 aromatic heterocycles. The van der Waals surface area contributed by atoms with Crippen LogP contribution in [0, 0.1) is 0 Å². The molecule has 0 aromatic carbocycles. The van der Waals surface area contributed by atoms with Gasteiger partial charge in [0.05, 0.1) is 18.9 Å². The van der Waals surface area contributed by atoms with Crippen molar-refractivity contribution in [2.75, 3.05) is 6.54 Å². The Hall–Kier alpha value is 0.708. The van der Waals surface area contributed by atoms with Crippen LogP contribution < -0.4 is 5.73 Å². The third-order valence-electron chi connectivity index (χ3n) is 9.85. The van der Waals surface area contributed by atoms with Gasteiger partial charge in [0.15, 0.2) is 16.6 Å². The molecule has 0 bridgehead atoms. The number of hydrogen-bond acceptors (Lipinski definition) is 4. The van der Waals surface area contributed by atoms with Crippen molar-refractivity contribution in [3.05, 3.63) is 0 Å². The van der Waals surface area contributed by atoms with E-state index in [2.05, 4.69) is 114 Å². The Morgan fingerprint density at radius 2 is 1.09 bits per heavy atom. The lowest BCUT2D eigenvalue weighted by molar-refractivity contribution is -0.00570. The SMILES string of the molecule is CCC(C)(O[Si](C)(CCCN)C(C)(C)[C@@](C)(CC)O[Si](C)(C)C(C)(CC)O[Si](C)(C)C)[Si](C)(C)C. The fourth-order valence-corrected chi connectivity index (χ4v) is 18.8. The van der Waals surface area contributed by atoms with Crippen molar-refractivity contribution in [1.29, 1.82) is 0 Å². The fraction of sp³-hybridized carbons (Fsp3) is 1.00. The fourth-order valence-electron chi connectivity index (χ4n) is 5.35. The zero-order chi connectivity index (χ0) is 28.4. The van der Waals surface area contributed by atoms with Gasteiger partial charge in [-0.3, -0.25) is 0 Å². The van der Waals surface area contributed by atoms with E-state index < -0.39 is 33.0 Å². The highest BCUT2D eigenvalue weighted by Crippen LogP contribution is 2.56. The van der Waals surface area contributed by atoms with Crippen LogP contribution in [0.25, 0.3) is 0 Å². The first-order valence-electron chi connectivity index (χ1n) is 14.2. The van der Waals surface area contributed by atoms with Crippen LogP contribution in [0.5, 0.6) is 0 Å². The number of hydrogen-bond donors (Lipinski definition) is 1. The summed E-state index contributed by atoms with van der Waals surface area (Å²) in [4.78, 5) is 0. The van der Waals surface area contributed by atoms with Crippen molar-refractivity contribution in [3.8, 4) is 0 Å². The molecule has 0 heterocycles. The van der Waals surface area contributed by atoms with E-state index >= 15 is 0 Å². The molecule has 4 atom stereocenters. The molecule has 2 N–H and O–H groups in total. The first-order chi connectivity index (χ1) is 15.4. The van der Waals surface area contributed by atoms with Gasteiger partial charge in [0, 0.05) is 10.3 Å². The summed E-state index contributed by atoms with van der Waals surface area (Å²) in [6.45, 7) is 40.9. The van der Waals surface area contributed by atoms with Crippen molar-refractivity contribution in [2.24, 2.45) is 5.73 Å². The van der Waals surface area contributed by atoms with Crippen molar-refractivity contribution >= 4 is 33.0 Å². The minimum Gasteiger partial charge on any atom is -0.414 e. The monoisotopic (exact) mass is 563 g/mol. The van der Waals surface area contributed by atoms with Gasteiger partial charge in [0.2, 0.25) is 8.32 Å². The van der Waals surface area contributed by atoms with E-state index in [1.165, 1.54) is 0 Å². The largest absolute Gasteiger partial charge is 0.414 e. The van der Waals surface area contributed by atoms with E-state index in [9.17, 15) is 0 Å². The third-order valence-corrected chi connectivity index (χ3v) is 24.3. The zero-order valence-corrected chi connectivity index (χ0v) is 31.0. The van der Waals surface area contributed by atoms with Gasteiger partial charge in [0.25, 0.3) is 0 Å².